The van der Waals surface area contributed by atoms with Gasteiger partial charge in [0.05, 0.1) is 7.11 Å². The lowest BCUT2D eigenvalue weighted by atomic mass is 10.1. The molecule has 0 radical (unpaired) electrons. The first kappa shape index (κ1) is 20.7. The maximum absolute atomic E-state index is 5.55. The monoisotopic (exact) mass is 385 g/mol. The third-order valence-corrected chi connectivity index (χ3v) is 4.87. The summed E-state index contributed by atoms with van der Waals surface area (Å²) in [7, 11) is 3.38. The molecule has 5 nitrogen and oxygen atoms in total. The van der Waals surface area contributed by atoms with E-state index in [-0.39, 0.29) is 6.61 Å². The maximum atomic E-state index is 5.55. The molecule has 27 heavy (non-hydrogen) atoms. The number of terminal acetylenes is 1. The molecule has 0 bridgehead atoms. The van der Waals surface area contributed by atoms with E-state index >= 15 is 0 Å². The van der Waals surface area contributed by atoms with Crippen molar-refractivity contribution >= 4 is 17.3 Å². The van der Waals surface area contributed by atoms with E-state index in [1.807, 2.05) is 18.2 Å². The number of guanidine groups is 1. The van der Waals surface area contributed by atoms with Gasteiger partial charge in [0.25, 0.3) is 0 Å². The number of rotatable bonds is 9. The van der Waals surface area contributed by atoms with Gasteiger partial charge in [-0.1, -0.05) is 25.0 Å². The molecule has 2 N–H and O–H groups in total. The Morgan fingerprint density at radius 3 is 2.81 bits per heavy atom. The Bertz CT molecular complexity index is 766. The fraction of sp³-hybridized carbons (Fsp3) is 0.381. The molecule has 0 spiro atoms. The van der Waals surface area contributed by atoms with E-state index in [0.717, 1.165) is 24.5 Å². The van der Waals surface area contributed by atoms with E-state index in [2.05, 4.69) is 46.0 Å². The third-order valence-electron chi connectivity index (χ3n) is 3.97. The summed E-state index contributed by atoms with van der Waals surface area (Å²) in [5.41, 5.74) is 1.05. The van der Waals surface area contributed by atoms with Gasteiger partial charge in [0.15, 0.2) is 17.5 Å². The van der Waals surface area contributed by atoms with Crippen LogP contribution in [0.15, 0.2) is 40.7 Å². The minimum Gasteiger partial charge on any atom is -0.493 e. The van der Waals surface area contributed by atoms with Gasteiger partial charge in [0.2, 0.25) is 0 Å². The summed E-state index contributed by atoms with van der Waals surface area (Å²) in [5.74, 6) is 5.07. The minimum atomic E-state index is 0.207. The number of hydrogen-bond donors (Lipinski definition) is 2. The molecular formula is C21H27N3O2S. The van der Waals surface area contributed by atoms with Crippen molar-refractivity contribution in [2.24, 2.45) is 10.9 Å². The first-order valence-corrected chi connectivity index (χ1v) is 9.74. The topological polar surface area (TPSA) is 54.9 Å². The second kappa shape index (κ2) is 11.1. The minimum absolute atomic E-state index is 0.207. The highest BCUT2D eigenvalue weighted by atomic mass is 32.1. The fourth-order valence-corrected chi connectivity index (χ4v) is 3.45. The highest BCUT2D eigenvalue weighted by Gasteiger charge is 2.08. The number of methoxy groups -OCH3 is 1. The molecule has 1 aromatic heterocycles. The number of thiophene rings is 1. The van der Waals surface area contributed by atoms with Gasteiger partial charge in [-0.15, -0.1) is 17.8 Å². The summed E-state index contributed by atoms with van der Waals surface area (Å²) in [6, 6.07) is 10.1. The Morgan fingerprint density at radius 1 is 1.30 bits per heavy atom. The molecule has 2 rings (SSSR count). The van der Waals surface area contributed by atoms with Gasteiger partial charge >= 0.3 is 0 Å². The molecule has 1 unspecified atom stereocenters. The lowest BCUT2D eigenvalue weighted by Crippen LogP contribution is -2.39. The Kier molecular flexibility index (Phi) is 8.53. The van der Waals surface area contributed by atoms with Crippen LogP contribution in [0, 0.1) is 18.3 Å². The molecule has 0 fully saturated rings. The number of ether oxygens (including phenoxy) is 2. The third kappa shape index (κ3) is 6.87. The summed E-state index contributed by atoms with van der Waals surface area (Å²) in [6.45, 7) is 3.92. The molecule has 0 amide bonds. The van der Waals surface area contributed by atoms with Crippen molar-refractivity contribution in [1.82, 2.24) is 10.6 Å². The van der Waals surface area contributed by atoms with Crippen molar-refractivity contribution in [2.75, 3.05) is 27.3 Å². The molecular weight excluding hydrogens is 358 g/mol. The molecule has 1 heterocycles. The average molecular weight is 386 g/mol. The van der Waals surface area contributed by atoms with Crippen molar-refractivity contribution in [3.05, 3.63) is 46.2 Å². The second-order valence-electron chi connectivity index (χ2n) is 6.17. The normalized spacial score (nSPS) is 12.1. The van der Waals surface area contributed by atoms with Crippen LogP contribution in [0.2, 0.25) is 0 Å². The van der Waals surface area contributed by atoms with Crippen LogP contribution >= 0.6 is 11.3 Å². The van der Waals surface area contributed by atoms with Crippen LogP contribution in [0.3, 0.4) is 0 Å². The van der Waals surface area contributed by atoms with Gasteiger partial charge in [-0.2, -0.15) is 0 Å². The zero-order valence-corrected chi connectivity index (χ0v) is 16.9. The quantitative estimate of drug-likeness (QED) is 0.395. The first-order chi connectivity index (χ1) is 13.2. The van der Waals surface area contributed by atoms with Crippen LogP contribution in [0.4, 0.5) is 0 Å². The Labute approximate surface area is 165 Å². The summed E-state index contributed by atoms with van der Waals surface area (Å²) < 4.78 is 10.8. The summed E-state index contributed by atoms with van der Waals surface area (Å²) in [6.07, 6.45) is 6.34. The molecule has 2 aromatic rings. The lowest BCUT2D eigenvalue weighted by Gasteiger charge is -2.16. The molecule has 0 saturated heterocycles. The fourth-order valence-electron chi connectivity index (χ4n) is 2.58. The van der Waals surface area contributed by atoms with E-state index in [4.69, 9.17) is 15.9 Å². The zero-order valence-electron chi connectivity index (χ0n) is 16.1. The Morgan fingerprint density at radius 2 is 2.15 bits per heavy atom. The largest absolute Gasteiger partial charge is 0.493 e. The van der Waals surface area contributed by atoms with E-state index in [1.165, 1.54) is 4.88 Å². The van der Waals surface area contributed by atoms with Crippen molar-refractivity contribution in [2.45, 2.75) is 19.9 Å². The Hall–Kier alpha value is -2.65. The molecule has 6 heteroatoms. The van der Waals surface area contributed by atoms with Crippen molar-refractivity contribution < 1.29 is 9.47 Å². The van der Waals surface area contributed by atoms with Gasteiger partial charge < -0.3 is 20.1 Å². The molecule has 0 aliphatic rings. The average Bonchev–Trinajstić information content (AvgIpc) is 3.19. The molecule has 1 aromatic carbocycles. The van der Waals surface area contributed by atoms with Crippen LogP contribution in [0.5, 0.6) is 11.5 Å². The zero-order chi connectivity index (χ0) is 19.5. The van der Waals surface area contributed by atoms with Gasteiger partial charge in [-0.05, 0) is 41.5 Å². The van der Waals surface area contributed by atoms with E-state index in [0.29, 0.717) is 24.0 Å². The predicted molar refractivity (Wildman–Crippen MR) is 113 cm³/mol. The van der Waals surface area contributed by atoms with Crippen LogP contribution in [-0.4, -0.2) is 33.3 Å². The van der Waals surface area contributed by atoms with Gasteiger partial charge in [0.1, 0.15) is 6.61 Å². The number of benzene rings is 1. The van der Waals surface area contributed by atoms with Gasteiger partial charge in [-0.3, -0.25) is 4.99 Å². The first-order valence-electron chi connectivity index (χ1n) is 8.86. The Balaban J connectivity index is 1.85. The molecule has 0 aliphatic carbocycles. The van der Waals surface area contributed by atoms with Gasteiger partial charge in [0, 0.05) is 25.0 Å². The van der Waals surface area contributed by atoms with Crippen molar-refractivity contribution in [3.63, 3.8) is 0 Å². The number of hydrogen-bond acceptors (Lipinski definition) is 4. The predicted octanol–water partition coefficient (Wildman–Crippen LogP) is 3.31. The molecule has 0 aliphatic heterocycles. The summed E-state index contributed by atoms with van der Waals surface area (Å²) in [5, 5.41) is 8.83. The highest BCUT2D eigenvalue weighted by Crippen LogP contribution is 2.27. The van der Waals surface area contributed by atoms with E-state index in [9.17, 15) is 0 Å². The smallest absolute Gasteiger partial charge is 0.191 e. The SMILES string of the molecule is C#CCOc1cc(CNC(=NC)NCC(C)Cc2cccs2)ccc1OC. The summed E-state index contributed by atoms with van der Waals surface area (Å²) >= 11 is 1.80. The van der Waals surface area contributed by atoms with E-state index in [1.54, 1.807) is 25.5 Å². The number of nitrogens with one attached hydrogen (secondary N) is 2. The second-order valence-corrected chi connectivity index (χ2v) is 7.21. The molecule has 1 atom stereocenters. The van der Waals surface area contributed by atoms with Crippen LogP contribution < -0.4 is 20.1 Å². The maximum Gasteiger partial charge on any atom is 0.191 e. The van der Waals surface area contributed by atoms with Crippen molar-refractivity contribution in [1.29, 1.82) is 0 Å². The lowest BCUT2D eigenvalue weighted by molar-refractivity contribution is 0.330. The number of nitrogens with zero attached hydrogens (tertiary/aromatic N) is 1. The number of aliphatic imine (C=N–C) groups is 1. The van der Waals surface area contributed by atoms with Crippen molar-refractivity contribution in [3.8, 4) is 23.8 Å². The standard InChI is InChI=1S/C21H27N3O2S/c1-5-10-26-20-13-17(8-9-19(20)25-4)15-24-21(22-3)23-14-16(2)12-18-7-6-11-27-18/h1,6-9,11,13,16H,10,12,14-15H2,2-4H3,(H2,22,23,24). The van der Waals surface area contributed by atoms with Crippen LogP contribution in [0.1, 0.15) is 17.4 Å². The van der Waals surface area contributed by atoms with Crippen LogP contribution in [0.25, 0.3) is 0 Å². The van der Waals surface area contributed by atoms with Gasteiger partial charge in [-0.25, -0.2) is 0 Å². The van der Waals surface area contributed by atoms with E-state index < -0.39 is 0 Å². The summed E-state index contributed by atoms with van der Waals surface area (Å²) in [4.78, 5) is 5.70. The molecule has 144 valence electrons. The highest BCUT2D eigenvalue weighted by molar-refractivity contribution is 7.09. The van der Waals surface area contributed by atoms with Crippen LogP contribution in [-0.2, 0) is 13.0 Å². The molecule has 0 saturated carbocycles.